The summed E-state index contributed by atoms with van der Waals surface area (Å²) < 4.78 is 0. The highest BCUT2D eigenvalue weighted by Gasteiger charge is 2.05. The summed E-state index contributed by atoms with van der Waals surface area (Å²) >= 11 is 0. The van der Waals surface area contributed by atoms with E-state index in [0.29, 0.717) is 6.32 Å². The molecular weight excluding hydrogens is 127 g/mol. The Bertz CT molecular complexity index is 186. The molecule has 0 bridgehead atoms. The Balaban J connectivity index is 2.59. The van der Waals surface area contributed by atoms with Crippen molar-refractivity contribution in [3.8, 4) is 0 Å². The summed E-state index contributed by atoms with van der Waals surface area (Å²) in [5.74, 6) is 0. The third-order valence-corrected chi connectivity index (χ3v) is 1.26. The molecule has 2 N–H and O–H groups in total. The van der Waals surface area contributed by atoms with E-state index in [1.54, 1.807) is 0 Å². The fraction of sp³-hybridized carbons (Fsp3) is 0.143. The van der Waals surface area contributed by atoms with Crippen LogP contribution in [-0.4, -0.2) is 17.2 Å². The molecule has 1 aromatic rings. The molecule has 2 nitrogen and oxygen atoms in total. The Labute approximate surface area is 60.3 Å². The van der Waals surface area contributed by atoms with Gasteiger partial charge in [0.25, 0.3) is 0 Å². The zero-order valence-electron chi connectivity index (χ0n) is 5.57. The third kappa shape index (κ3) is 2.21. The van der Waals surface area contributed by atoms with Crippen LogP contribution in [0.3, 0.4) is 0 Å². The lowest BCUT2D eigenvalue weighted by Gasteiger charge is -1.96. The zero-order valence-corrected chi connectivity index (χ0v) is 5.57. The van der Waals surface area contributed by atoms with Crippen LogP contribution in [0.15, 0.2) is 30.3 Å². The van der Waals surface area contributed by atoms with Gasteiger partial charge in [0.2, 0.25) is 0 Å². The van der Waals surface area contributed by atoms with Crippen molar-refractivity contribution in [2.24, 2.45) is 0 Å². The highest BCUT2D eigenvalue weighted by molar-refractivity contribution is 6.40. The maximum Gasteiger partial charge on any atom is 0.456 e. The fourth-order valence-electron chi connectivity index (χ4n) is 0.825. The molecule has 0 aliphatic heterocycles. The second-order valence-corrected chi connectivity index (χ2v) is 2.17. The molecule has 0 spiro atoms. The molecule has 0 aromatic heterocycles. The van der Waals surface area contributed by atoms with Crippen molar-refractivity contribution in [3.05, 3.63) is 35.9 Å². The molecule has 3 heteroatoms. The molecule has 1 rings (SSSR count). The van der Waals surface area contributed by atoms with Gasteiger partial charge in [-0.25, -0.2) is 0 Å². The molecule has 0 atom stereocenters. The molecule has 52 valence electrons. The molecule has 10 heavy (non-hydrogen) atoms. The largest absolute Gasteiger partial charge is 0.456 e. The van der Waals surface area contributed by atoms with Gasteiger partial charge in [-0.2, -0.15) is 0 Å². The summed E-state index contributed by atoms with van der Waals surface area (Å²) in [6.07, 6.45) is 0.306. The van der Waals surface area contributed by atoms with Gasteiger partial charge in [-0.3, -0.25) is 0 Å². The maximum absolute atomic E-state index is 8.56. The second kappa shape index (κ2) is 3.39. The highest BCUT2D eigenvalue weighted by Crippen LogP contribution is 1.98. The lowest BCUT2D eigenvalue weighted by molar-refractivity contribution is 0.405. The molecule has 0 heterocycles. The smallest absolute Gasteiger partial charge is 0.427 e. The number of rotatable bonds is 2. The van der Waals surface area contributed by atoms with Crippen molar-refractivity contribution in [1.29, 1.82) is 0 Å². The summed E-state index contributed by atoms with van der Waals surface area (Å²) in [5.41, 5.74) is 0.942. The minimum atomic E-state index is -1.23. The first-order valence-electron chi connectivity index (χ1n) is 3.19. The van der Waals surface area contributed by atoms with Crippen molar-refractivity contribution in [1.82, 2.24) is 0 Å². The van der Waals surface area contributed by atoms with E-state index in [1.165, 1.54) is 0 Å². The lowest BCUT2D eigenvalue weighted by Crippen LogP contribution is -2.14. The monoisotopic (exact) mass is 136 g/mol. The number of hydrogen-bond donors (Lipinski definition) is 2. The van der Waals surface area contributed by atoms with E-state index in [4.69, 9.17) is 10.0 Å². The maximum atomic E-state index is 8.56. The average Bonchev–Trinajstić information content (AvgIpc) is 1.88. The Morgan fingerprint density at radius 2 is 1.70 bits per heavy atom. The predicted octanol–water partition coefficient (Wildman–Crippen LogP) is 0.241. The van der Waals surface area contributed by atoms with E-state index >= 15 is 0 Å². The first kappa shape index (κ1) is 7.31. The van der Waals surface area contributed by atoms with E-state index < -0.39 is 7.12 Å². The van der Waals surface area contributed by atoms with Gasteiger partial charge in [0.15, 0.2) is 0 Å². The Morgan fingerprint density at radius 1 is 1.10 bits per heavy atom. The van der Waals surface area contributed by atoms with E-state index in [0.717, 1.165) is 5.56 Å². The van der Waals surface area contributed by atoms with Gasteiger partial charge in [0.05, 0.1) is 0 Å². The van der Waals surface area contributed by atoms with Crippen LogP contribution in [0, 0.1) is 0 Å². The zero-order chi connectivity index (χ0) is 7.40. The van der Waals surface area contributed by atoms with Crippen molar-refractivity contribution in [2.45, 2.75) is 6.32 Å². The van der Waals surface area contributed by atoms with Crippen LogP contribution in [0.4, 0.5) is 0 Å². The van der Waals surface area contributed by atoms with Crippen LogP contribution in [0.25, 0.3) is 0 Å². The molecule has 0 unspecified atom stereocenters. The normalized spacial score (nSPS) is 9.40. The molecule has 1 aromatic carbocycles. The SMILES string of the molecule is OB(O)Cc1ccccc1. The van der Waals surface area contributed by atoms with Crippen LogP contribution in [0.5, 0.6) is 0 Å². The van der Waals surface area contributed by atoms with Crippen LogP contribution in [0.2, 0.25) is 0 Å². The van der Waals surface area contributed by atoms with Crippen LogP contribution < -0.4 is 0 Å². The number of benzene rings is 1. The molecular formula is C7H9BO2. The van der Waals surface area contributed by atoms with Gasteiger partial charge >= 0.3 is 7.12 Å². The highest BCUT2D eigenvalue weighted by atomic mass is 16.4. The average molecular weight is 136 g/mol. The minimum absolute atomic E-state index is 0.306. The lowest BCUT2D eigenvalue weighted by atomic mass is 9.82. The standard InChI is InChI=1S/C7H9BO2/c9-8(10)6-7-4-2-1-3-5-7/h1-5,9-10H,6H2. The fourth-order valence-corrected chi connectivity index (χ4v) is 0.825. The Kier molecular flexibility index (Phi) is 2.48. The third-order valence-electron chi connectivity index (χ3n) is 1.26. The summed E-state index contributed by atoms with van der Waals surface area (Å²) in [5, 5.41) is 17.1. The quantitative estimate of drug-likeness (QED) is 0.571. The van der Waals surface area contributed by atoms with Crippen LogP contribution in [-0.2, 0) is 6.32 Å². The molecule has 0 fully saturated rings. The van der Waals surface area contributed by atoms with E-state index in [-0.39, 0.29) is 0 Å². The van der Waals surface area contributed by atoms with E-state index in [9.17, 15) is 0 Å². The Morgan fingerprint density at radius 3 is 2.20 bits per heavy atom. The first-order valence-corrected chi connectivity index (χ1v) is 3.19. The van der Waals surface area contributed by atoms with Gasteiger partial charge in [0, 0.05) is 6.32 Å². The van der Waals surface area contributed by atoms with Gasteiger partial charge < -0.3 is 10.0 Å². The first-order chi connectivity index (χ1) is 4.79. The molecule has 0 aliphatic carbocycles. The van der Waals surface area contributed by atoms with Gasteiger partial charge in [-0.15, -0.1) is 0 Å². The van der Waals surface area contributed by atoms with Gasteiger partial charge in [-0.1, -0.05) is 35.9 Å². The minimum Gasteiger partial charge on any atom is -0.427 e. The topological polar surface area (TPSA) is 40.5 Å². The van der Waals surface area contributed by atoms with Crippen molar-refractivity contribution in [2.75, 3.05) is 0 Å². The Hall–Kier alpha value is -0.795. The van der Waals surface area contributed by atoms with Crippen LogP contribution >= 0.6 is 0 Å². The summed E-state index contributed by atoms with van der Waals surface area (Å²) in [6.45, 7) is 0. The van der Waals surface area contributed by atoms with E-state index in [2.05, 4.69) is 0 Å². The summed E-state index contributed by atoms with van der Waals surface area (Å²) in [6, 6.07) is 9.36. The molecule has 0 saturated carbocycles. The molecule has 0 amide bonds. The summed E-state index contributed by atoms with van der Waals surface area (Å²) in [7, 11) is -1.23. The molecule has 0 aliphatic rings. The van der Waals surface area contributed by atoms with Crippen LogP contribution in [0.1, 0.15) is 5.56 Å². The molecule has 0 radical (unpaired) electrons. The predicted molar refractivity (Wildman–Crippen MR) is 40.3 cm³/mol. The van der Waals surface area contributed by atoms with E-state index in [1.807, 2.05) is 30.3 Å². The number of hydrogen-bond acceptors (Lipinski definition) is 2. The second-order valence-electron chi connectivity index (χ2n) is 2.17. The van der Waals surface area contributed by atoms with Crippen molar-refractivity contribution < 1.29 is 10.0 Å². The van der Waals surface area contributed by atoms with Gasteiger partial charge in [-0.05, 0) is 0 Å². The molecule has 0 saturated heterocycles. The van der Waals surface area contributed by atoms with Crippen molar-refractivity contribution in [3.63, 3.8) is 0 Å². The van der Waals surface area contributed by atoms with Crippen molar-refractivity contribution >= 4 is 7.12 Å². The van der Waals surface area contributed by atoms with Gasteiger partial charge in [0.1, 0.15) is 0 Å². The summed E-state index contributed by atoms with van der Waals surface area (Å²) in [4.78, 5) is 0.